The summed E-state index contributed by atoms with van der Waals surface area (Å²) in [7, 11) is 5.01. The minimum Gasteiger partial charge on any atom is -0.493 e. The summed E-state index contributed by atoms with van der Waals surface area (Å²) in [5.41, 5.74) is 11.2. The Morgan fingerprint density at radius 1 is 1.03 bits per heavy atom. The second-order valence-electron chi connectivity index (χ2n) is 8.15. The Labute approximate surface area is 202 Å². The van der Waals surface area contributed by atoms with Crippen LogP contribution < -0.4 is 19.9 Å². The van der Waals surface area contributed by atoms with Gasteiger partial charge >= 0.3 is 0 Å². The fraction of sp³-hybridized carbons (Fsp3) is 0.192. The van der Waals surface area contributed by atoms with Crippen molar-refractivity contribution in [2.75, 3.05) is 14.2 Å². The molecule has 2 N–H and O–H groups in total. The summed E-state index contributed by atoms with van der Waals surface area (Å²) >= 11 is 0. The summed E-state index contributed by atoms with van der Waals surface area (Å²) in [6.45, 7) is 1.92. The predicted octanol–water partition coefficient (Wildman–Crippen LogP) is 3.82. The molecule has 2 aromatic carbocycles. The second kappa shape index (κ2) is 8.57. The van der Waals surface area contributed by atoms with Gasteiger partial charge in [-0.15, -0.1) is 0 Å². The average Bonchev–Trinajstić information content (AvgIpc) is 3.41. The van der Waals surface area contributed by atoms with Gasteiger partial charge in [0, 0.05) is 7.05 Å². The van der Waals surface area contributed by atoms with E-state index in [1.807, 2.05) is 68.6 Å². The third-order valence-electron chi connectivity index (χ3n) is 6.03. The van der Waals surface area contributed by atoms with E-state index >= 15 is 0 Å². The van der Waals surface area contributed by atoms with Gasteiger partial charge in [0.15, 0.2) is 11.5 Å². The lowest BCUT2D eigenvalue weighted by molar-refractivity contribution is 0.353. The maximum absolute atomic E-state index is 10.1. The van der Waals surface area contributed by atoms with Gasteiger partial charge in [-0.2, -0.15) is 20.1 Å². The van der Waals surface area contributed by atoms with Crippen molar-refractivity contribution in [1.82, 2.24) is 19.6 Å². The number of hydrogen-bond donors (Lipinski definition) is 1. The molecular formula is C26H24N6O3. The third-order valence-corrected chi connectivity index (χ3v) is 6.03. The van der Waals surface area contributed by atoms with Gasteiger partial charge in [-0.25, -0.2) is 0 Å². The van der Waals surface area contributed by atoms with Gasteiger partial charge in [0.1, 0.15) is 17.3 Å². The Morgan fingerprint density at radius 3 is 2.40 bits per heavy atom. The molecule has 0 saturated heterocycles. The zero-order chi connectivity index (χ0) is 24.7. The number of benzene rings is 2. The fourth-order valence-electron chi connectivity index (χ4n) is 4.47. The maximum Gasteiger partial charge on any atom is 0.229 e. The SMILES string of the molecule is COc1ccc(C2C(C#N)=C(N)Oc3c2c(-c2cc(C)nn2C)nn3-c2ccccc2)cc1OC. The number of nitrogens with two attached hydrogens (primary N) is 1. The number of hydrogen-bond acceptors (Lipinski definition) is 7. The zero-order valence-electron chi connectivity index (χ0n) is 19.8. The lowest BCUT2D eigenvalue weighted by atomic mass is 9.83. The van der Waals surface area contributed by atoms with Crippen LogP contribution in [0.4, 0.5) is 0 Å². The van der Waals surface area contributed by atoms with E-state index in [1.54, 1.807) is 23.6 Å². The van der Waals surface area contributed by atoms with E-state index in [9.17, 15) is 5.26 Å². The van der Waals surface area contributed by atoms with E-state index in [0.717, 1.165) is 28.2 Å². The molecule has 5 rings (SSSR count). The first-order valence-electron chi connectivity index (χ1n) is 11.0. The Balaban J connectivity index is 1.84. The van der Waals surface area contributed by atoms with Crippen molar-refractivity contribution in [3.05, 3.63) is 82.9 Å². The molecule has 0 amide bonds. The number of aromatic nitrogens is 4. The molecule has 2 aromatic heterocycles. The van der Waals surface area contributed by atoms with E-state index in [0.29, 0.717) is 23.1 Å². The minimum atomic E-state index is -0.550. The number of fused-ring (bicyclic) bond motifs is 1. The summed E-state index contributed by atoms with van der Waals surface area (Å²) in [6, 6.07) is 19.4. The van der Waals surface area contributed by atoms with Gasteiger partial charge in [0.25, 0.3) is 0 Å². The Morgan fingerprint density at radius 2 is 1.77 bits per heavy atom. The van der Waals surface area contributed by atoms with Crippen LogP contribution >= 0.6 is 0 Å². The molecule has 9 nitrogen and oxygen atoms in total. The lowest BCUT2D eigenvalue weighted by Gasteiger charge is -2.25. The third kappa shape index (κ3) is 3.56. The first-order valence-corrected chi connectivity index (χ1v) is 11.0. The van der Waals surface area contributed by atoms with Crippen molar-refractivity contribution in [1.29, 1.82) is 5.26 Å². The molecule has 0 saturated carbocycles. The van der Waals surface area contributed by atoms with E-state index in [-0.39, 0.29) is 11.5 Å². The van der Waals surface area contributed by atoms with Gasteiger partial charge in [0.05, 0.1) is 42.8 Å². The maximum atomic E-state index is 10.1. The van der Waals surface area contributed by atoms with Crippen LogP contribution in [0.25, 0.3) is 17.1 Å². The largest absolute Gasteiger partial charge is 0.493 e. The van der Waals surface area contributed by atoms with E-state index in [2.05, 4.69) is 11.2 Å². The molecule has 0 fully saturated rings. The number of methoxy groups -OCH3 is 2. The molecule has 1 unspecified atom stereocenters. The number of para-hydroxylation sites is 1. The quantitative estimate of drug-likeness (QED) is 0.474. The van der Waals surface area contributed by atoms with Crippen LogP contribution in [0.15, 0.2) is 66.1 Å². The molecule has 0 radical (unpaired) electrons. The minimum absolute atomic E-state index is 0.0320. The number of nitrogens with zero attached hydrogens (tertiary/aromatic N) is 5. The van der Waals surface area contributed by atoms with E-state index in [4.69, 9.17) is 25.0 Å². The van der Waals surface area contributed by atoms with Crippen LogP contribution in [-0.2, 0) is 7.05 Å². The van der Waals surface area contributed by atoms with Gasteiger partial charge < -0.3 is 19.9 Å². The molecule has 0 bridgehead atoms. The van der Waals surface area contributed by atoms with Gasteiger partial charge in [-0.05, 0) is 42.8 Å². The molecule has 1 aliphatic rings. The highest BCUT2D eigenvalue weighted by Crippen LogP contribution is 2.48. The highest BCUT2D eigenvalue weighted by Gasteiger charge is 2.38. The van der Waals surface area contributed by atoms with Crippen LogP contribution in [0.2, 0.25) is 0 Å². The number of rotatable bonds is 5. The number of allylic oxidation sites excluding steroid dienone is 1. The number of nitriles is 1. The summed E-state index contributed by atoms with van der Waals surface area (Å²) in [5.74, 6) is 1.06. The topological polar surface area (TPSA) is 113 Å². The first kappa shape index (κ1) is 22.1. The van der Waals surface area contributed by atoms with Crippen LogP contribution in [-0.4, -0.2) is 33.8 Å². The Kier molecular flexibility index (Phi) is 5.41. The molecule has 1 atom stereocenters. The monoisotopic (exact) mass is 468 g/mol. The van der Waals surface area contributed by atoms with Crippen molar-refractivity contribution in [2.24, 2.45) is 12.8 Å². The Hall–Kier alpha value is -4.71. The lowest BCUT2D eigenvalue weighted by Crippen LogP contribution is -2.22. The highest BCUT2D eigenvalue weighted by atomic mass is 16.5. The van der Waals surface area contributed by atoms with Crippen LogP contribution in [0, 0.1) is 18.3 Å². The Bertz CT molecular complexity index is 1490. The number of ether oxygens (including phenoxy) is 3. The van der Waals surface area contributed by atoms with Gasteiger partial charge in [-0.3, -0.25) is 4.68 Å². The zero-order valence-corrected chi connectivity index (χ0v) is 19.8. The van der Waals surface area contributed by atoms with Crippen molar-refractivity contribution < 1.29 is 14.2 Å². The molecule has 0 spiro atoms. The highest BCUT2D eigenvalue weighted by molar-refractivity contribution is 5.71. The first-order chi connectivity index (χ1) is 17.0. The molecule has 0 aliphatic carbocycles. The normalized spacial score (nSPS) is 14.8. The van der Waals surface area contributed by atoms with Crippen LogP contribution in [0.5, 0.6) is 17.4 Å². The van der Waals surface area contributed by atoms with Crippen molar-refractivity contribution in [2.45, 2.75) is 12.8 Å². The van der Waals surface area contributed by atoms with Crippen LogP contribution in [0.3, 0.4) is 0 Å². The van der Waals surface area contributed by atoms with E-state index < -0.39 is 5.92 Å². The van der Waals surface area contributed by atoms with Gasteiger partial charge in [-0.1, -0.05) is 24.3 Å². The summed E-state index contributed by atoms with van der Waals surface area (Å²) < 4.78 is 20.5. The smallest absolute Gasteiger partial charge is 0.229 e. The molecule has 4 aromatic rings. The second-order valence-corrected chi connectivity index (χ2v) is 8.15. The van der Waals surface area contributed by atoms with Gasteiger partial charge in [0.2, 0.25) is 11.8 Å². The summed E-state index contributed by atoms with van der Waals surface area (Å²) in [4.78, 5) is 0. The summed E-state index contributed by atoms with van der Waals surface area (Å²) in [6.07, 6.45) is 0. The average molecular weight is 469 g/mol. The molecule has 35 heavy (non-hydrogen) atoms. The van der Waals surface area contributed by atoms with Crippen molar-refractivity contribution >= 4 is 0 Å². The van der Waals surface area contributed by atoms with E-state index in [1.165, 1.54) is 0 Å². The molecule has 1 aliphatic heterocycles. The molecule has 9 heteroatoms. The van der Waals surface area contributed by atoms with Crippen LogP contribution in [0.1, 0.15) is 22.7 Å². The summed E-state index contributed by atoms with van der Waals surface area (Å²) in [5, 5.41) is 19.6. The predicted molar refractivity (Wildman–Crippen MR) is 129 cm³/mol. The number of aryl methyl sites for hydroxylation is 2. The molecule has 3 heterocycles. The van der Waals surface area contributed by atoms with Crippen molar-refractivity contribution in [3.8, 4) is 40.5 Å². The molecule has 176 valence electrons. The fourth-order valence-corrected chi connectivity index (χ4v) is 4.47. The van der Waals surface area contributed by atoms with Crippen molar-refractivity contribution in [3.63, 3.8) is 0 Å². The standard InChI is InChI=1S/C26H24N6O3/c1-15-12-19(31(2)29-15)24-23-22(16-10-11-20(33-3)21(13-16)34-4)18(14-27)25(28)35-26(23)32(30-24)17-8-6-5-7-9-17/h5-13,22H,28H2,1-4H3. The molecular weight excluding hydrogens is 444 g/mol.